The average molecular weight is 296 g/mol. The molecule has 2 rings (SSSR count). The summed E-state index contributed by atoms with van der Waals surface area (Å²) in [6.07, 6.45) is -0.489. The quantitative estimate of drug-likeness (QED) is 0.812. The Balaban J connectivity index is 1.78. The lowest BCUT2D eigenvalue weighted by Crippen LogP contribution is -2.45. The highest BCUT2D eigenvalue weighted by Gasteiger charge is 2.23. The van der Waals surface area contributed by atoms with Crippen LogP contribution in [0.3, 0.4) is 0 Å². The van der Waals surface area contributed by atoms with Crippen molar-refractivity contribution in [1.82, 2.24) is 4.90 Å². The lowest BCUT2D eigenvalue weighted by molar-refractivity contribution is 0.0680. The highest BCUT2D eigenvalue weighted by Crippen LogP contribution is 2.25. The predicted molar refractivity (Wildman–Crippen MR) is 85.3 cm³/mol. The van der Waals surface area contributed by atoms with Crippen LogP contribution in [0.2, 0.25) is 0 Å². The van der Waals surface area contributed by atoms with Crippen molar-refractivity contribution in [3.8, 4) is 5.75 Å². The first-order chi connectivity index (χ1) is 9.54. The summed E-state index contributed by atoms with van der Waals surface area (Å²) in [5, 5.41) is 11.4. The Morgan fingerprint density at radius 3 is 2.65 bits per heavy atom. The molecular formula is C15H24N2O2S. The molecule has 3 N–H and O–H groups in total. The number of anilines is 1. The van der Waals surface area contributed by atoms with Crippen molar-refractivity contribution in [2.24, 2.45) is 0 Å². The van der Waals surface area contributed by atoms with Gasteiger partial charge in [0.05, 0.1) is 5.69 Å². The molecule has 0 spiro atoms. The number of thioether (sulfide) groups is 1. The molecule has 0 bridgehead atoms. The maximum atomic E-state index is 10.1. The van der Waals surface area contributed by atoms with Crippen molar-refractivity contribution in [3.05, 3.63) is 24.3 Å². The minimum absolute atomic E-state index is 0.278. The van der Waals surface area contributed by atoms with Gasteiger partial charge < -0.3 is 15.6 Å². The van der Waals surface area contributed by atoms with Gasteiger partial charge in [0.2, 0.25) is 0 Å². The highest BCUT2D eigenvalue weighted by atomic mass is 32.2. The summed E-state index contributed by atoms with van der Waals surface area (Å²) in [7, 11) is 0. The fourth-order valence-corrected chi connectivity index (χ4v) is 3.97. The zero-order valence-corrected chi connectivity index (χ0v) is 13.0. The van der Waals surface area contributed by atoms with Crippen molar-refractivity contribution >= 4 is 17.4 Å². The van der Waals surface area contributed by atoms with E-state index in [9.17, 15) is 5.11 Å². The van der Waals surface area contributed by atoms with Crippen LogP contribution < -0.4 is 10.5 Å². The van der Waals surface area contributed by atoms with E-state index in [-0.39, 0.29) is 6.61 Å². The molecule has 1 aliphatic heterocycles. The lowest BCUT2D eigenvalue weighted by atomic mass is 10.2. The normalized spacial score (nSPS) is 25.4. The van der Waals surface area contributed by atoms with E-state index in [1.54, 1.807) is 6.07 Å². The van der Waals surface area contributed by atoms with Gasteiger partial charge in [-0.3, -0.25) is 4.90 Å². The van der Waals surface area contributed by atoms with Crippen LogP contribution in [0, 0.1) is 0 Å². The number of nitrogen functional groups attached to an aromatic ring is 1. The number of aliphatic hydroxyl groups excluding tert-OH is 1. The largest absolute Gasteiger partial charge is 0.489 e. The molecule has 3 atom stereocenters. The molecule has 0 aliphatic carbocycles. The Morgan fingerprint density at radius 1 is 1.35 bits per heavy atom. The van der Waals surface area contributed by atoms with Crippen LogP contribution in [-0.4, -0.2) is 52.9 Å². The molecule has 1 aromatic rings. The second-order valence-corrected chi connectivity index (χ2v) is 7.36. The monoisotopic (exact) mass is 296 g/mol. The summed E-state index contributed by atoms with van der Waals surface area (Å²) >= 11 is 2.01. The number of ether oxygens (including phenoxy) is 1. The van der Waals surface area contributed by atoms with Gasteiger partial charge in [0.25, 0.3) is 0 Å². The molecule has 0 saturated carbocycles. The molecule has 0 radical (unpaired) electrons. The summed E-state index contributed by atoms with van der Waals surface area (Å²) in [6, 6.07) is 7.37. The summed E-state index contributed by atoms with van der Waals surface area (Å²) < 4.78 is 5.59. The number of hydrogen-bond acceptors (Lipinski definition) is 5. The van der Waals surface area contributed by atoms with Crippen molar-refractivity contribution in [3.63, 3.8) is 0 Å². The lowest BCUT2D eigenvalue weighted by Gasteiger charge is -2.35. The number of hydrogen-bond donors (Lipinski definition) is 2. The maximum absolute atomic E-state index is 10.1. The van der Waals surface area contributed by atoms with Gasteiger partial charge in [0, 0.05) is 30.1 Å². The van der Waals surface area contributed by atoms with Crippen LogP contribution in [0.25, 0.3) is 0 Å². The van der Waals surface area contributed by atoms with Crippen LogP contribution in [0.1, 0.15) is 13.8 Å². The molecule has 3 unspecified atom stereocenters. The fourth-order valence-electron chi connectivity index (χ4n) is 2.58. The van der Waals surface area contributed by atoms with Crippen LogP contribution in [0.15, 0.2) is 24.3 Å². The number of para-hydroxylation sites is 2. The van der Waals surface area contributed by atoms with Crippen molar-refractivity contribution in [2.45, 2.75) is 30.5 Å². The molecule has 1 saturated heterocycles. The van der Waals surface area contributed by atoms with E-state index in [1.807, 2.05) is 30.0 Å². The van der Waals surface area contributed by atoms with Gasteiger partial charge >= 0.3 is 0 Å². The second kappa shape index (κ2) is 7.20. The van der Waals surface area contributed by atoms with Gasteiger partial charge in [-0.15, -0.1) is 0 Å². The SMILES string of the molecule is CC1CN(CC(O)COc2ccccc2N)CC(C)S1. The van der Waals surface area contributed by atoms with E-state index < -0.39 is 6.10 Å². The van der Waals surface area contributed by atoms with Crippen molar-refractivity contribution in [1.29, 1.82) is 0 Å². The molecule has 1 aromatic carbocycles. The van der Waals surface area contributed by atoms with E-state index >= 15 is 0 Å². The molecule has 5 heteroatoms. The molecule has 112 valence electrons. The number of aliphatic hydroxyl groups is 1. The van der Waals surface area contributed by atoms with Crippen molar-refractivity contribution in [2.75, 3.05) is 32.0 Å². The Morgan fingerprint density at radius 2 is 2.00 bits per heavy atom. The minimum Gasteiger partial charge on any atom is -0.489 e. The number of nitrogens with zero attached hydrogens (tertiary/aromatic N) is 1. The third kappa shape index (κ3) is 4.58. The van der Waals surface area contributed by atoms with E-state index in [0.29, 0.717) is 28.5 Å². The molecule has 20 heavy (non-hydrogen) atoms. The zero-order valence-electron chi connectivity index (χ0n) is 12.2. The molecule has 1 aliphatic rings. The fraction of sp³-hybridized carbons (Fsp3) is 0.600. The highest BCUT2D eigenvalue weighted by molar-refractivity contribution is 8.00. The molecule has 4 nitrogen and oxygen atoms in total. The first-order valence-electron chi connectivity index (χ1n) is 7.07. The predicted octanol–water partition coefficient (Wildman–Crippen LogP) is 1.83. The smallest absolute Gasteiger partial charge is 0.142 e. The Labute approximate surface area is 125 Å². The molecule has 0 amide bonds. The van der Waals surface area contributed by atoms with E-state index in [1.165, 1.54) is 0 Å². The average Bonchev–Trinajstić information content (AvgIpc) is 2.36. The Hall–Kier alpha value is -0.910. The van der Waals surface area contributed by atoms with E-state index in [0.717, 1.165) is 13.1 Å². The topological polar surface area (TPSA) is 58.7 Å². The summed E-state index contributed by atoms with van der Waals surface area (Å²) in [4.78, 5) is 2.31. The molecular weight excluding hydrogens is 272 g/mol. The second-order valence-electron chi connectivity index (χ2n) is 5.48. The van der Waals surface area contributed by atoms with Gasteiger partial charge in [0.1, 0.15) is 18.5 Å². The summed E-state index contributed by atoms with van der Waals surface area (Å²) in [5.41, 5.74) is 6.42. The molecule has 1 fully saturated rings. The van der Waals surface area contributed by atoms with E-state index in [2.05, 4.69) is 18.7 Å². The van der Waals surface area contributed by atoms with Crippen LogP contribution in [0.5, 0.6) is 5.75 Å². The molecule has 0 aromatic heterocycles. The Bertz CT molecular complexity index is 420. The number of benzene rings is 1. The maximum Gasteiger partial charge on any atom is 0.142 e. The van der Waals surface area contributed by atoms with Crippen molar-refractivity contribution < 1.29 is 9.84 Å². The van der Waals surface area contributed by atoms with Crippen LogP contribution >= 0.6 is 11.8 Å². The van der Waals surface area contributed by atoms with E-state index in [4.69, 9.17) is 10.5 Å². The first-order valence-corrected chi connectivity index (χ1v) is 8.02. The van der Waals surface area contributed by atoms with Crippen LogP contribution in [0.4, 0.5) is 5.69 Å². The zero-order chi connectivity index (χ0) is 14.5. The third-order valence-corrected chi connectivity index (χ3v) is 4.54. The number of nitrogens with two attached hydrogens (primary N) is 1. The minimum atomic E-state index is -0.489. The standard InChI is InChI=1S/C15H24N2O2S/c1-11-7-17(8-12(2)20-11)9-13(18)10-19-15-6-4-3-5-14(15)16/h3-6,11-13,18H,7-10,16H2,1-2H3. The first kappa shape index (κ1) is 15.5. The van der Waals surface area contributed by atoms with Gasteiger partial charge in [-0.05, 0) is 12.1 Å². The summed E-state index contributed by atoms with van der Waals surface area (Å²) in [6.45, 7) is 7.46. The molecule has 1 heterocycles. The third-order valence-electron chi connectivity index (χ3n) is 3.31. The van der Waals surface area contributed by atoms with Gasteiger partial charge in [0.15, 0.2) is 0 Å². The number of rotatable bonds is 5. The van der Waals surface area contributed by atoms with Gasteiger partial charge in [-0.25, -0.2) is 0 Å². The van der Waals surface area contributed by atoms with Gasteiger partial charge in [-0.2, -0.15) is 11.8 Å². The van der Waals surface area contributed by atoms with Crippen LogP contribution in [-0.2, 0) is 0 Å². The van der Waals surface area contributed by atoms with Gasteiger partial charge in [-0.1, -0.05) is 26.0 Å². The Kier molecular flexibility index (Phi) is 5.57. The number of β-amino-alcohol motifs (C(OH)–C–C–N with tert-alkyl or cyclic N) is 1. The summed E-state index contributed by atoms with van der Waals surface area (Å²) in [5.74, 6) is 0.641.